The Bertz CT molecular complexity index is 1430. The van der Waals surface area contributed by atoms with Gasteiger partial charge in [0, 0.05) is 30.2 Å². The first-order valence-electron chi connectivity index (χ1n) is 11.9. The van der Waals surface area contributed by atoms with Gasteiger partial charge in [0.1, 0.15) is 17.7 Å². The number of ether oxygens (including phenoxy) is 1. The average molecular weight is 582 g/mol. The number of nitrogens with zero attached hydrogens (tertiary/aromatic N) is 3. The zero-order valence-electron chi connectivity index (χ0n) is 21.6. The van der Waals surface area contributed by atoms with Gasteiger partial charge in [-0.25, -0.2) is 8.78 Å². The molecule has 2 aromatic carbocycles. The van der Waals surface area contributed by atoms with E-state index in [0.29, 0.717) is 10.5 Å². The van der Waals surface area contributed by atoms with Gasteiger partial charge < -0.3 is 9.64 Å². The van der Waals surface area contributed by atoms with Gasteiger partial charge in [-0.2, -0.15) is 18.2 Å². The molecule has 40 heavy (non-hydrogen) atoms. The summed E-state index contributed by atoms with van der Waals surface area (Å²) in [6.07, 6.45) is -4.15. The van der Waals surface area contributed by atoms with Crippen molar-refractivity contribution in [2.45, 2.75) is 42.8 Å². The van der Waals surface area contributed by atoms with Gasteiger partial charge in [0.2, 0.25) is 11.5 Å². The number of ketones is 1. The minimum atomic E-state index is -4.89. The number of hydrazine groups is 1. The summed E-state index contributed by atoms with van der Waals surface area (Å²) in [5, 5.41) is 2.26. The molecule has 2 aliphatic heterocycles. The average Bonchev–Trinajstić information content (AvgIpc) is 3.05. The van der Waals surface area contributed by atoms with Crippen molar-refractivity contribution in [1.82, 2.24) is 14.9 Å². The normalized spacial score (nSPS) is 19.8. The molecule has 1 fully saturated rings. The second kappa shape index (κ2) is 11.0. The summed E-state index contributed by atoms with van der Waals surface area (Å²) >= 11 is 1.10. The van der Waals surface area contributed by atoms with Gasteiger partial charge in [-0.3, -0.25) is 19.4 Å². The number of allylic oxidation sites excluding steroid dienone is 1. The van der Waals surface area contributed by atoms with Gasteiger partial charge >= 0.3 is 12.1 Å². The number of benzene rings is 2. The molecular weight excluding hydrogens is 557 g/mol. The Balaban J connectivity index is 2.04. The van der Waals surface area contributed by atoms with E-state index in [-0.39, 0.29) is 21.8 Å². The number of carbonyl (C=O) groups excluding carboxylic acids is 3. The summed E-state index contributed by atoms with van der Waals surface area (Å²) in [5.41, 5.74) is 0.0520. The van der Waals surface area contributed by atoms with Crippen molar-refractivity contribution in [1.29, 1.82) is 0 Å². The molecule has 4 rings (SSSR count). The minimum absolute atomic E-state index is 0.0589. The lowest BCUT2D eigenvalue weighted by Gasteiger charge is -2.49. The Morgan fingerprint density at radius 2 is 1.80 bits per heavy atom. The number of fused-ring (bicyclic) bond motifs is 2. The maximum Gasteiger partial charge on any atom is 0.408 e. The van der Waals surface area contributed by atoms with Crippen LogP contribution in [0.1, 0.15) is 36.6 Å². The quantitative estimate of drug-likeness (QED) is 0.211. The second-order valence-electron chi connectivity index (χ2n) is 9.10. The Hall–Kier alpha value is -3.71. The molecule has 0 spiro atoms. The van der Waals surface area contributed by atoms with Crippen LogP contribution < -0.4 is 0 Å². The Morgan fingerprint density at radius 1 is 1.15 bits per heavy atom. The van der Waals surface area contributed by atoms with Crippen LogP contribution in [0, 0.1) is 11.6 Å². The number of alkyl halides is 3. The highest BCUT2D eigenvalue weighted by atomic mass is 32.2. The van der Waals surface area contributed by atoms with Gasteiger partial charge in [-0.05, 0) is 36.3 Å². The van der Waals surface area contributed by atoms with Crippen molar-refractivity contribution in [3.8, 4) is 0 Å². The smallest absolute Gasteiger partial charge is 0.408 e. The largest absolute Gasteiger partial charge is 0.420 e. The number of carbonyl (C=O) groups is 3. The van der Waals surface area contributed by atoms with Crippen LogP contribution in [0.3, 0.4) is 0 Å². The third kappa shape index (κ3) is 5.22. The van der Waals surface area contributed by atoms with Crippen molar-refractivity contribution in [3.05, 3.63) is 88.8 Å². The van der Waals surface area contributed by atoms with Gasteiger partial charge in [0.05, 0.1) is 12.7 Å². The molecule has 1 amide bonds. The summed E-state index contributed by atoms with van der Waals surface area (Å²) in [6, 6.07) is 4.77. The predicted octanol–water partition coefficient (Wildman–Crippen LogP) is 5.09. The zero-order chi connectivity index (χ0) is 29.5. The van der Waals surface area contributed by atoms with Crippen LogP contribution in [0.5, 0.6) is 0 Å². The Kier molecular flexibility index (Phi) is 8.08. The van der Waals surface area contributed by atoms with Crippen molar-refractivity contribution >= 4 is 29.4 Å². The summed E-state index contributed by atoms with van der Waals surface area (Å²) in [4.78, 5) is 38.8. The highest BCUT2D eigenvalue weighted by Crippen LogP contribution is 2.46. The van der Waals surface area contributed by atoms with E-state index in [0.717, 1.165) is 36.7 Å². The minimum Gasteiger partial charge on any atom is -0.420 e. The number of rotatable bonds is 5. The number of hydrogen-bond donors (Lipinski definition) is 0. The standard InChI is InChI=1S/C27H24F5N3O4S/c1-5-20(37)24(39-15(3)36)23-26(38)34(14(2)27(30,31)32)13-35(33(23)4)22-17-9-7-11-19(29)25(17)40-12-16-8-6-10-18(28)21(16)22/h5-11,14,22H,1,12-13H2,2-4H3/b24-23+/t14-,22+/m1/s1. The van der Waals surface area contributed by atoms with Crippen LogP contribution >= 0.6 is 11.8 Å². The highest BCUT2D eigenvalue weighted by molar-refractivity contribution is 7.98. The summed E-state index contributed by atoms with van der Waals surface area (Å²) < 4.78 is 77.6. The van der Waals surface area contributed by atoms with Crippen LogP contribution in [0.15, 0.2) is 65.4 Å². The van der Waals surface area contributed by atoms with Crippen LogP contribution in [0.4, 0.5) is 22.0 Å². The lowest BCUT2D eigenvalue weighted by Crippen LogP contribution is -2.62. The molecule has 0 bridgehead atoms. The van der Waals surface area contributed by atoms with E-state index < -0.39 is 65.7 Å². The highest BCUT2D eigenvalue weighted by Gasteiger charge is 2.50. The number of esters is 1. The molecule has 0 aliphatic carbocycles. The van der Waals surface area contributed by atoms with Crippen LogP contribution in [0.2, 0.25) is 0 Å². The lowest BCUT2D eigenvalue weighted by atomic mass is 9.93. The predicted molar refractivity (Wildman–Crippen MR) is 135 cm³/mol. The van der Waals surface area contributed by atoms with E-state index in [4.69, 9.17) is 4.74 Å². The zero-order valence-corrected chi connectivity index (χ0v) is 22.4. The molecule has 7 nitrogen and oxygen atoms in total. The lowest BCUT2D eigenvalue weighted by molar-refractivity contribution is -0.205. The van der Waals surface area contributed by atoms with Crippen molar-refractivity contribution < 1.29 is 41.1 Å². The molecule has 212 valence electrons. The Labute approximate surface area is 230 Å². The number of thioether (sulfide) groups is 1. The molecule has 0 saturated carbocycles. The maximum absolute atomic E-state index is 15.6. The number of hydrogen-bond acceptors (Lipinski definition) is 7. The van der Waals surface area contributed by atoms with E-state index in [1.807, 2.05) is 0 Å². The maximum atomic E-state index is 15.6. The fourth-order valence-corrected chi connectivity index (χ4v) is 5.77. The third-order valence-corrected chi connectivity index (χ3v) is 7.83. The molecular formula is C27H24F5N3O4S. The van der Waals surface area contributed by atoms with Gasteiger partial charge in [-0.1, -0.05) is 30.8 Å². The van der Waals surface area contributed by atoms with Crippen molar-refractivity contribution in [2.24, 2.45) is 0 Å². The molecule has 0 N–H and O–H groups in total. The molecule has 13 heteroatoms. The molecule has 2 atom stereocenters. The molecule has 0 aromatic heterocycles. The molecule has 1 saturated heterocycles. The molecule has 2 heterocycles. The summed E-state index contributed by atoms with van der Waals surface area (Å²) in [6.45, 7) is 4.30. The van der Waals surface area contributed by atoms with Crippen LogP contribution in [-0.2, 0) is 24.9 Å². The van der Waals surface area contributed by atoms with Crippen molar-refractivity contribution in [3.63, 3.8) is 0 Å². The molecule has 0 unspecified atom stereocenters. The summed E-state index contributed by atoms with van der Waals surface area (Å²) in [5.74, 6) is -5.32. The Morgan fingerprint density at radius 3 is 2.42 bits per heavy atom. The van der Waals surface area contributed by atoms with Gasteiger partial charge in [0.25, 0.3) is 5.91 Å². The van der Waals surface area contributed by atoms with E-state index >= 15 is 8.78 Å². The van der Waals surface area contributed by atoms with Gasteiger partial charge in [-0.15, -0.1) is 11.8 Å². The molecule has 0 radical (unpaired) electrons. The molecule has 2 aromatic rings. The number of amides is 1. The first kappa shape index (κ1) is 29.3. The van der Waals surface area contributed by atoms with E-state index in [9.17, 15) is 27.6 Å². The second-order valence-corrected chi connectivity index (χ2v) is 10.1. The van der Waals surface area contributed by atoms with Crippen molar-refractivity contribution in [2.75, 3.05) is 13.7 Å². The van der Waals surface area contributed by atoms with Gasteiger partial charge in [0.15, 0.2) is 5.70 Å². The third-order valence-electron chi connectivity index (χ3n) is 6.66. The number of likely N-dealkylation sites (N-methyl/N-ethyl adjacent to an activating group) is 1. The monoisotopic (exact) mass is 581 g/mol. The fourth-order valence-electron chi connectivity index (χ4n) is 4.67. The topological polar surface area (TPSA) is 70.2 Å². The fraction of sp³-hybridized carbons (Fsp3) is 0.296. The number of halogens is 5. The van der Waals surface area contributed by atoms with Crippen LogP contribution in [-0.4, -0.2) is 58.5 Å². The van der Waals surface area contributed by atoms with Crippen LogP contribution in [0.25, 0.3) is 0 Å². The first-order valence-corrected chi connectivity index (χ1v) is 12.9. The first-order chi connectivity index (χ1) is 18.8. The van der Waals surface area contributed by atoms with E-state index in [2.05, 4.69) is 6.58 Å². The van der Waals surface area contributed by atoms with E-state index in [1.165, 1.54) is 42.4 Å². The van der Waals surface area contributed by atoms with E-state index in [1.54, 1.807) is 6.07 Å². The SMILES string of the molecule is C=CC(=O)/C(OC(C)=O)=C1/C(=O)N([C@H](C)C(F)(F)F)CN([C@H]2c3cccc(F)c3SCc3cccc(F)c32)N1C. The summed E-state index contributed by atoms with van der Waals surface area (Å²) in [7, 11) is 1.26. The molecule has 2 aliphatic rings.